The van der Waals surface area contributed by atoms with Gasteiger partial charge in [-0.15, -0.1) is 0 Å². The van der Waals surface area contributed by atoms with E-state index in [2.05, 4.69) is 5.10 Å². The second-order valence-electron chi connectivity index (χ2n) is 4.15. The molecule has 15 heavy (non-hydrogen) atoms. The predicted molar refractivity (Wildman–Crippen MR) is 55.8 cm³/mol. The van der Waals surface area contributed by atoms with Crippen molar-refractivity contribution in [2.45, 2.75) is 33.4 Å². The van der Waals surface area contributed by atoms with Gasteiger partial charge in [0.2, 0.25) is 0 Å². The van der Waals surface area contributed by atoms with E-state index in [-0.39, 0.29) is 0 Å². The summed E-state index contributed by atoms with van der Waals surface area (Å²) in [5, 5.41) is 4.26. The summed E-state index contributed by atoms with van der Waals surface area (Å²) in [6.07, 6.45) is 3.43. The number of nitrogens with zero attached hydrogens (tertiary/aromatic N) is 2. The summed E-state index contributed by atoms with van der Waals surface area (Å²) in [6.45, 7) is 5.00. The first-order chi connectivity index (χ1) is 7.22. The maximum absolute atomic E-state index is 10.8. The lowest BCUT2D eigenvalue weighted by Gasteiger charge is -2.05. The summed E-state index contributed by atoms with van der Waals surface area (Å²) < 4.78 is 7.27. The van der Waals surface area contributed by atoms with E-state index in [9.17, 15) is 4.79 Å². The number of carbonyl (C=O) groups is 1. The largest absolute Gasteiger partial charge is 0.359 e. The molecule has 0 radical (unpaired) electrons. The minimum Gasteiger partial charge on any atom is -0.359 e. The highest BCUT2D eigenvalue weighted by Crippen LogP contribution is 2.28. The second kappa shape index (κ2) is 4.14. The van der Waals surface area contributed by atoms with Crippen LogP contribution in [0.1, 0.15) is 34.6 Å². The Hall–Kier alpha value is -1.16. The van der Waals surface area contributed by atoms with E-state index in [1.807, 2.05) is 13.8 Å². The summed E-state index contributed by atoms with van der Waals surface area (Å²) in [6, 6.07) is 0. The average Bonchev–Trinajstić information content (AvgIpc) is 2.96. The van der Waals surface area contributed by atoms with Gasteiger partial charge in [-0.2, -0.15) is 5.10 Å². The number of hydrogen-bond acceptors (Lipinski definition) is 3. The zero-order valence-electron chi connectivity index (χ0n) is 9.19. The first kappa shape index (κ1) is 10.4. The third-order valence-corrected chi connectivity index (χ3v) is 2.82. The van der Waals surface area contributed by atoms with Gasteiger partial charge in [0.1, 0.15) is 6.73 Å². The smallest absolute Gasteiger partial charge is 0.153 e. The maximum atomic E-state index is 10.8. The summed E-state index contributed by atoms with van der Waals surface area (Å²) in [4.78, 5) is 10.8. The van der Waals surface area contributed by atoms with Crippen molar-refractivity contribution >= 4 is 6.29 Å². The number of ether oxygens (including phenoxy) is 1. The Morgan fingerprint density at radius 2 is 2.27 bits per heavy atom. The molecule has 1 aliphatic rings. The van der Waals surface area contributed by atoms with Gasteiger partial charge in [0.05, 0.1) is 17.9 Å². The molecule has 1 heterocycles. The number of hydrogen-bond donors (Lipinski definition) is 0. The Labute approximate surface area is 89.2 Å². The Balaban J connectivity index is 1.97. The van der Waals surface area contributed by atoms with Crippen molar-refractivity contribution in [1.82, 2.24) is 9.78 Å². The number of rotatable bonds is 5. The lowest BCUT2D eigenvalue weighted by Crippen LogP contribution is -2.08. The third kappa shape index (κ3) is 2.26. The Morgan fingerprint density at radius 3 is 2.80 bits per heavy atom. The van der Waals surface area contributed by atoms with Gasteiger partial charge in [-0.05, 0) is 32.6 Å². The second-order valence-corrected chi connectivity index (χ2v) is 4.15. The normalized spacial score (nSPS) is 15.6. The molecule has 0 bridgehead atoms. The van der Waals surface area contributed by atoms with Crippen LogP contribution in [0.5, 0.6) is 0 Å². The SMILES string of the molecule is Cc1nn(COCC2CC2)c(C)c1C=O. The van der Waals surface area contributed by atoms with Crippen LogP contribution in [0.3, 0.4) is 0 Å². The lowest BCUT2D eigenvalue weighted by molar-refractivity contribution is 0.0597. The highest BCUT2D eigenvalue weighted by Gasteiger charge is 2.21. The van der Waals surface area contributed by atoms with Gasteiger partial charge < -0.3 is 4.74 Å². The van der Waals surface area contributed by atoms with E-state index in [4.69, 9.17) is 4.74 Å². The van der Waals surface area contributed by atoms with Gasteiger partial charge in [0, 0.05) is 5.69 Å². The molecule has 0 aliphatic heterocycles. The van der Waals surface area contributed by atoms with Crippen LogP contribution in [0, 0.1) is 19.8 Å². The van der Waals surface area contributed by atoms with Gasteiger partial charge in [0.15, 0.2) is 6.29 Å². The molecule has 1 aliphatic carbocycles. The summed E-state index contributed by atoms with van der Waals surface area (Å²) in [7, 11) is 0. The van der Waals surface area contributed by atoms with Crippen LogP contribution in [-0.2, 0) is 11.5 Å². The van der Waals surface area contributed by atoms with Crippen molar-refractivity contribution in [2.75, 3.05) is 6.61 Å². The van der Waals surface area contributed by atoms with Gasteiger partial charge in [-0.3, -0.25) is 4.79 Å². The molecule has 1 fully saturated rings. The van der Waals surface area contributed by atoms with E-state index in [0.717, 1.165) is 30.2 Å². The highest BCUT2D eigenvalue weighted by atomic mass is 16.5. The van der Waals surface area contributed by atoms with Crippen LogP contribution in [0.15, 0.2) is 0 Å². The molecule has 1 aromatic heterocycles. The molecule has 0 amide bonds. The van der Waals surface area contributed by atoms with Crippen molar-refractivity contribution in [3.8, 4) is 0 Å². The van der Waals surface area contributed by atoms with Crippen LogP contribution in [-0.4, -0.2) is 22.7 Å². The van der Waals surface area contributed by atoms with Crippen LogP contribution < -0.4 is 0 Å². The van der Waals surface area contributed by atoms with Gasteiger partial charge in [-0.1, -0.05) is 0 Å². The molecule has 1 aromatic rings. The number of aldehydes is 1. The predicted octanol–water partition coefficient (Wildman–Crippen LogP) is 1.70. The average molecular weight is 208 g/mol. The molecule has 0 unspecified atom stereocenters. The monoisotopic (exact) mass is 208 g/mol. The summed E-state index contributed by atoms with van der Waals surface area (Å²) >= 11 is 0. The number of aromatic nitrogens is 2. The van der Waals surface area contributed by atoms with E-state index < -0.39 is 0 Å². The minimum absolute atomic E-state index is 0.455. The zero-order valence-corrected chi connectivity index (χ0v) is 9.19. The van der Waals surface area contributed by atoms with Crippen LogP contribution in [0.2, 0.25) is 0 Å². The van der Waals surface area contributed by atoms with E-state index in [1.54, 1.807) is 4.68 Å². The maximum Gasteiger partial charge on any atom is 0.153 e. The fourth-order valence-corrected chi connectivity index (χ4v) is 1.60. The summed E-state index contributed by atoms with van der Waals surface area (Å²) in [5.41, 5.74) is 2.35. The molecule has 0 saturated heterocycles. The number of aryl methyl sites for hydroxylation is 1. The molecule has 0 spiro atoms. The first-order valence-corrected chi connectivity index (χ1v) is 5.29. The van der Waals surface area contributed by atoms with Crippen LogP contribution in [0.25, 0.3) is 0 Å². The van der Waals surface area contributed by atoms with Crippen LogP contribution in [0.4, 0.5) is 0 Å². The third-order valence-electron chi connectivity index (χ3n) is 2.82. The summed E-state index contributed by atoms with van der Waals surface area (Å²) in [5.74, 6) is 0.757. The van der Waals surface area contributed by atoms with E-state index in [1.165, 1.54) is 12.8 Å². The van der Waals surface area contributed by atoms with Crippen molar-refractivity contribution in [2.24, 2.45) is 5.92 Å². The Kier molecular flexibility index (Phi) is 2.86. The number of carbonyl (C=O) groups excluding carboxylic acids is 1. The van der Waals surface area contributed by atoms with E-state index >= 15 is 0 Å². The fourth-order valence-electron chi connectivity index (χ4n) is 1.60. The Bertz CT molecular complexity index is 367. The van der Waals surface area contributed by atoms with Crippen molar-refractivity contribution in [3.05, 3.63) is 17.0 Å². The standard InChI is InChI=1S/C11H16N2O2/c1-8-11(5-14)9(2)13(12-8)7-15-6-10-3-4-10/h5,10H,3-4,6-7H2,1-2H3. The lowest BCUT2D eigenvalue weighted by atomic mass is 10.2. The van der Waals surface area contributed by atoms with Crippen molar-refractivity contribution in [1.29, 1.82) is 0 Å². The molecule has 82 valence electrons. The van der Waals surface area contributed by atoms with Gasteiger partial charge >= 0.3 is 0 Å². The molecule has 4 heteroatoms. The van der Waals surface area contributed by atoms with Gasteiger partial charge in [-0.25, -0.2) is 4.68 Å². The molecule has 2 rings (SSSR count). The first-order valence-electron chi connectivity index (χ1n) is 5.29. The molecular formula is C11H16N2O2. The molecule has 1 saturated carbocycles. The molecule has 0 N–H and O–H groups in total. The van der Waals surface area contributed by atoms with E-state index in [0.29, 0.717) is 12.3 Å². The fraction of sp³-hybridized carbons (Fsp3) is 0.636. The topological polar surface area (TPSA) is 44.1 Å². The van der Waals surface area contributed by atoms with Crippen LogP contribution >= 0.6 is 0 Å². The molecular weight excluding hydrogens is 192 g/mol. The highest BCUT2D eigenvalue weighted by molar-refractivity contribution is 5.77. The molecule has 0 aromatic carbocycles. The molecule has 4 nitrogen and oxygen atoms in total. The molecule has 0 atom stereocenters. The van der Waals surface area contributed by atoms with Crippen molar-refractivity contribution < 1.29 is 9.53 Å². The minimum atomic E-state index is 0.455. The Morgan fingerprint density at radius 1 is 1.53 bits per heavy atom. The van der Waals surface area contributed by atoms with Crippen molar-refractivity contribution in [3.63, 3.8) is 0 Å². The zero-order chi connectivity index (χ0) is 10.8. The quantitative estimate of drug-likeness (QED) is 0.692. The van der Waals surface area contributed by atoms with Gasteiger partial charge in [0.25, 0.3) is 0 Å².